The Morgan fingerprint density at radius 1 is 0.705 bits per heavy atom. The standard InChI is InChI=1S/C33H41N2O8P/c1-40-33(39)29-15-14-26(24-30(29)44(27-10-4-2-5-11-27)28-12-6-3-7-13-28)32(38)35-17-9-19-42-21-23-43-22-20-41-18-8-16-34-31(37)25-36/h2-7,10-15,24,36H,8-9,16-23,25H2,1H3,(H,34,37)(H,35,38). The van der Waals surface area contributed by atoms with Gasteiger partial charge in [0, 0.05) is 37.2 Å². The quantitative estimate of drug-likeness (QED) is 0.0987. The van der Waals surface area contributed by atoms with Crippen LogP contribution >= 0.6 is 7.92 Å². The summed E-state index contributed by atoms with van der Waals surface area (Å²) >= 11 is 0. The molecule has 10 nitrogen and oxygen atoms in total. The van der Waals surface area contributed by atoms with E-state index >= 15 is 0 Å². The number of carbonyl (C=O) groups is 3. The lowest BCUT2D eigenvalue weighted by atomic mass is 10.1. The number of methoxy groups -OCH3 is 1. The molecule has 0 aromatic heterocycles. The van der Waals surface area contributed by atoms with Crippen molar-refractivity contribution < 1.29 is 38.4 Å². The fraction of sp³-hybridized carbons (Fsp3) is 0.364. The van der Waals surface area contributed by atoms with Crippen LogP contribution in [0.3, 0.4) is 0 Å². The van der Waals surface area contributed by atoms with E-state index in [0.717, 1.165) is 15.9 Å². The van der Waals surface area contributed by atoms with Crippen LogP contribution in [-0.2, 0) is 23.7 Å². The van der Waals surface area contributed by atoms with Gasteiger partial charge in [0.05, 0.1) is 39.1 Å². The molecule has 0 radical (unpaired) electrons. The molecule has 0 aliphatic heterocycles. The molecule has 0 aliphatic rings. The molecule has 3 N–H and O–H groups in total. The van der Waals surface area contributed by atoms with E-state index in [1.807, 2.05) is 60.7 Å². The third-order valence-electron chi connectivity index (χ3n) is 6.36. The number of amides is 2. The zero-order chi connectivity index (χ0) is 31.4. The zero-order valence-electron chi connectivity index (χ0n) is 25.0. The van der Waals surface area contributed by atoms with E-state index in [1.54, 1.807) is 18.2 Å². The monoisotopic (exact) mass is 624 g/mol. The van der Waals surface area contributed by atoms with E-state index in [9.17, 15) is 14.4 Å². The Kier molecular flexibility index (Phi) is 16.1. The molecule has 0 aliphatic carbocycles. The van der Waals surface area contributed by atoms with Crippen molar-refractivity contribution in [3.05, 3.63) is 90.0 Å². The number of aliphatic hydroxyl groups excluding tert-OH is 1. The van der Waals surface area contributed by atoms with Gasteiger partial charge in [0.2, 0.25) is 5.91 Å². The van der Waals surface area contributed by atoms with E-state index in [1.165, 1.54) is 7.11 Å². The molecule has 0 saturated heterocycles. The van der Waals surface area contributed by atoms with E-state index in [2.05, 4.69) is 10.6 Å². The fourth-order valence-corrected chi connectivity index (χ4v) is 6.67. The van der Waals surface area contributed by atoms with Crippen molar-refractivity contribution in [2.45, 2.75) is 12.8 Å². The van der Waals surface area contributed by atoms with E-state index in [4.69, 9.17) is 24.1 Å². The lowest BCUT2D eigenvalue weighted by molar-refractivity contribution is -0.123. The van der Waals surface area contributed by atoms with Crippen LogP contribution in [0.15, 0.2) is 78.9 Å². The molecule has 0 bridgehead atoms. The van der Waals surface area contributed by atoms with E-state index < -0.39 is 26.4 Å². The summed E-state index contributed by atoms with van der Waals surface area (Å²) < 4.78 is 21.6. The summed E-state index contributed by atoms with van der Waals surface area (Å²) in [7, 11) is 0.235. The van der Waals surface area contributed by atoms with Crippen LogP contribution in [0.5, 0.6) is 0 Å². The summed E-state index contributed by atoms with van der Waals surface area (Å²) in [6.07, 6.45) is 1.30. The highest BCUT2D eigenvalue weighted by Gasteiger charge is 2.24. The maximum atomic E-state index is 13.1. The number of benzene rings is 3. The Hall–Kier alpha value is -3.66. The molecule has 2 amide bonds. The predicted molar refractivity (Wildman–Crippen MR) is 171 cm³/mol. The highest BCUT2D eigenvalue weighted by molar-refractivity contribution is 7.80. The zero-order valence-corrected chi connectivity index (χ0v) is 25.9. The fourth-order valence-electron chi connectivity index (χ4n) is 4.20. The number of ether oxygens (including phenoxy) is 4. The average Bonchev–Trinajstić information content (AvgIpc) is 3.07. The van der Waals surface area contributed by atoms with Crippen molar-refractivity contribution in [3.8, 4) is 0 Å². The molecule has 11 heteroatoms. The first kappa shape index (κ1) is 34.8. The van der Waals surface area contributed by atoms with Gasteiger partial charge in [-0.15, -0.1) is 0 Å². The number of esters is 1. The minimum Gasteiger partial charge on any atom is -0.465 e. The second-order valence-electron chi connectivity index (χ2n) is 9.54. The molecule has 0 saturated carbocycles. The number of hydrogen-bond donors (Lipinski definition) is 3. The molecule has 3 rings (SSSR count). The van der Waals surface area contributed by atoms with Crippen molar-refractivity contribution in [3.63, 3.8) is 0 Å². The SMILES string of the molecule is COC(=O)c1ccc(C(=O)NCCCOCCOCCOCCCNC(=O)CO)cc1P(c1ccccc1)c1ccccc1. The lowest BCUT2D eigenvalue weighted by Crippen LogP contribution is -2.29. The molecule has 0 heterocycles. The third-order valence-corrected chi connectivity index (χ3v) is 8.84. The van der Waals surface area contributed by atoms with Gasteiger partial charge in [0.1, 0.15) is 6.61 Å². The van der Waals surface area contributed by atoms with Gasteiger partial charge in [0.25, 0.3) is 5.91 Å². The largest absolute Gasteiger partial charge is 0.465 e. The van der Waals surface area contributed by atoms with Gasteiger partial charge >= 0.3 is 5.97 Å². The van der Waals surface area contributed by atoms with Crippen LogP contribution in [0.4, 0.5) is 0 Å². The van der Waals surface area contributed by atoms with Gasteiger partial charge in [-0.05, 0) is 49.6 Å². The third kappa shape index (κ3) is 11.8. The first-order valence-electron chi connectivity index (χ1n) is 14.6. The Bertz CT molecular complexity index is 1250. The van der Waals surface area contributed by atoms with Crippen LogP contribution in [0.25, 0.3) is 0 Å². The summed E-state index contributed by atoms with van der Waals surface area (Å²) in [5.74, 6) is -1.06. The minimum atomic E-state index is -1.12. The number of nitrogens with one attached hydrogen (secondary N) is 2. The van der Waals surface area contributed by atoms with Crippen LogP contribution in [0.1, 0.15) is 33.6 Å². The summed E-state index contributed by atoms with van der Waals surface area (Å²) in [6.45, 7) is 3.11. The van der Waals surface area contributed by atoms with Gasteiger partial charge in [0.15, 0.2) is 0 Å². The second kappa shape index (κ2) is 20.3. The molecular formula is C33H41N2O8P. The molecule has 3 aromatic carbocycles. The smallest absolute Gasteiger partial charge is 0.338 e. The Labute approximate surface area is 259 Å². The van der Waals surface area contributed by atoms with Crippen molar-refractivity contribution in [2.75, 3.05) is 66.4 Å². The van der Waals surface area contributed by atoms with Crippen molar-refractivity contribution >= 4 is 41.6 Å². The van der Waals surface area contributed by atoms with Crippen LogP contribution in [0, 0.1) is 0 Å². The number of aliphatic hydroxyl groups is 1. The van der Waals surface area contributed by atoms with E-state index in [-0.39, 0.29) is 5.91 Å². The van der Waals surface area contributed by atoms with Crippen molar-refractivity contribution in [1.29, 1.82) is 0 Å². The molecule has 3 aromatic rings. The summed E-state index contributed by atoms with van der Waals surface area (Å²) in [6, 6.07) is 25.1. The lowest BCUT2D eigenvalue weighted by Gasteiger charge is -2.22. The molecule has 0 fully saturated rings. The minimum absolute atomic E-state index is 0.224. The number of carbonyl (C=O) groups excluding carboxylic acids is 3. The van der Waals surface area contributed by atoms with Gasteiger partial charge in [-0.3, -0.25) is 9.59 Å². The molecule has 0 atom stereocenters. The highest BCUT2D eigenvalue weighted by Crippen LogP contribution is 2.34. The van der Waals surface area contributed by atoms with Crippen LogP contribution in [0.2, 0.25) is 0 Å². The Morgan fingerprint density at radius 3 is 1.75 bits per heavy atom. The number of hydrogen-bond acceptors (Lipinski definition) is 8. The topological polar surface area (TPSA) is 132 Å². The molecule has 0 spiro atoms. The van der Waals surface area contributed by atoms with Gasteiger partial charge in [-0.1, -0.05) is 60.7 Å². The normalized spacial score (nSPS) is 10.9. The van der Waals surface area contributed by atoms with E-state index in [0.29, 0.717) is 76.7 Å². The van der Waals surface area contributed by atoms with Crippen molar-refractivity contribution in [1.82, 2.24) is 10.6 Å². The Balaban J connectivity index is 1.44. The summed E-state index contributed by atoms with van der Waals surface area (Å²) in [5.41, 5.74) is 0.910. The van der Waals surface area contributed by atoms with Crippen LogP contribution < -0.4 is 26.5 Å². The highest BCUT2D eigenvalue weighted by atomic mass is 31.1. The molecular weight excluding hydrogens is 583 g/mol. The van der Waals surface area contributed by atoms with Crippen molar-refractivity contribution in [2.24, 2.45) is 0 Å². The first-order valence-corrected chi connectivity index (χ1v) is 15.9. The average molecular weight is 625 g/mol. The predicted octanol–water partition coefficient (Wildman–Crippen LogP) is 1.90. The van der Waals surface area contributed by atoms with Gasteiger partial charge in [-0.2, -0.15) is 0 Å². The number of rotatable bonds is 20. The molecule has 0 unspecified atom stereocenters. The van der Waals surface area contributed by atoms with Gasteiger partial charge < -0.3 is 34.7 Å². The second-order valence-corrected chi connectivity index (χ2v) is 11.7. The molecule has 44 heavy (non-hydrogen) atoms. The maximum Gasteiger partial charge on any atom is 0.338 e. The summed E-state index contributed by atoms with van der Waals surface area (Å²) in [5, 5.41) is 17.0. The summed E-state index contributed by atoms with van der Waals surface area (Å²) in [4.78, 5) is 36.8. The molecule has 236 valence electrons. The van der Waals surface area contributed by atoms with Gasteiger partial charge in [-0.25, -0.2) is 4.79 Å². The Morgan fingerprint density at radius 2 is 1.23 bits per heavy atom. The maximum absolute atomic E-state index is 13.1. The first-order chi connectivity index (χ1) is 21.5. The van der Waals surface area contributed by atoms with Crippen LogP contribution in [-0.4, -0.2) is 89.3 Å².